The number of aliphatic carboxylic acids is 1. The first-order valence-electron chi connectivity index (χ1n) is 12.3. The first-order valence-corrected chi connectivity index (χ1v) is 12.3. The fourth-order valence-corrected chi connectivity index (χ4v) is 6.12. The van der Waals surface area contributed by atoms with Gasteiger partial charge in [0.2, 0.25) is 11.6 Å². The molecule has 1 amide bonds. The number of halogens is 5. The van der Waals surface area contributed by atoms with Gasteiger partial charge in [0.15, 0.2) is 0 Å². The minimum absolute atomic E-state index is 0.311. The SMILES string of the molecule is CC(C)(CC(=O)O)C(=O)N1CCC2(Cc3cccc(F)c3)c3ccc(C(C)(F)C(F)(F)F)cc3CCC12. The zero-order chi connectivity index (χ0) is 27.4. The Morgan fingerprint density at radius 1 is 1.08 bits per heavy atom. The summed E-state index contributed by atoms with van der Waals surface area (Å²) < 4.78 is 69.1. The van der Waals surface area contributed by atoms with Crippen LogP contribution in [0.1, 0.15) is 62.3 Å². The lowest BCUT2D eigenvalue weighted by molar-refractivity contribution is -0.228. The van der Waals surface area contributed by atoms with Crippen molar-refractivity contribution < 1.29 is 36.6 Å². The highest BCUT2D eigenvalue weighted by molar-refractivity contribution is 5.87. The van der Waals surface area contributed by atoms with E-state index >= 15 is 0 Å². The van der Waals surface area contributed by atoms with Crippen LogP contribution in [0.15, 0.2) is 42.5 Å². The van der Waals surface area contributed by atoms with E-state index in [1.54, 1.807) is 30.9 Å². The van der Waals surface area contributed by atoms with Crippen molar-refractivity contribution in [2.45, 2.75) is 76.2 Å². The van der Waals surface area contributed by atoms with Gasteiger partial charge in [-0.15, -0.1) is 0 Å². The summed E-state index contributed by atoms with van der Waals surface area (Å²) in [6.07, 6.45) is -3.90. The highest BCUT2D eigenvalue weighted by Gasteiger charge is 2.56. The van der Waals surface area contributed by atoms with Crippen molar-refractivity contribution in [3.8, 4) is 0 Å². The number of alkyl halides is 4. The number of hydrogen-bond donors (Lipinski definition) is 1. The van der Waals surface area contributed by atoms with Crippen molar-refractivity contribution in [2.75, 3.05) is 6.54 Å². The number of nitrogens with zero attached hydrogens (tertiary/aromatic N) is 1. The molecule has 4 nitrogen and oxygen atoms in total. The first-order chi connectivity index (χ1) is 17.1. The van der Waals surface area contributed by atoms with Crippen LogP contribution in [0.4, 0.5) is 22.0 Å². The minimum atomic E-state index is -5.08. The van der Waals surface area contributed by atoms with Crippen molar-refractivity contribution in [1.82, 2.24) is 4.90 Å². The predicted octanol–water partition coefficient (Wildman–Crippen LogP) is 6.10. The molecule has 1 aliphatic heterocycles. The molecular weight excluding hydrogens is 493 g/mol. The Hall–Kier alpha value is -2.97. The second kappa shape index (κ2) is 9.10. The average molecular weight is 524 g/mol. The normalized spacial score (nSPS) is 23.2. The molecule has 1 heterocycles. The van der Waals surface area contributed by atoms with Crippen LogP contribution in [-0.4, -0.2) is 40.6 Å². The van der Waals surface area contributed by atoms with Gasteiger partial charge in [0.1, 0.15) is 5.82 Å². The monoisotopic (exact) mass is 523 g/mol. The van der Waals surface area contributed by atoms with Gasteiger partial charge in [0.05, 0.1) is 11.8 Å². The fraction of sp³-hybridized carbons (Fsp3) is 0.500. The minimum Gasteiger partial charge on any atom is -0.481 e. The quantitative estimate of drug-likeness (QED) is 0.466. The Morgan fingerprint density at radius 2 is 1.78 bits per heavy atom. The molecule has 0 aromatic heterocycles. The van der Waals surface area contributed by atoms with E-state index in [1.807, 2.05) is 0 Å². The second-order valence-electron chi connectivity index (χ2n) is 11.1. The summed E-state index contributed by atoms with van der Waals surface area (Å²) in [4.78, 5) is 26.6. The molecule has 1 saturated heterocycles. The molecule has 3 atom stereocenters. The highest BCUT2D eigenvalue weighted by atomic mass is 19.4. The van der Waals surface area contributed by atoms with E-state index in [4.69, 9.17) is 0 Å². The molecule has 9 heteroatoms. The van der Waals surface area contributed by atoms with E-state index in [0.717, 1.165) is 11.6 Å². The zero-order valence-corrected chi connectivity index (χ0v) is 21.0. The molecule has 0 spiro atoms. The Labute approximate surface area is 212 Å². The summed E-state index contributed by atoms with van der Waals surface area (Å²) in [7, 11) is 0. The van der Waals surface area contributed by atoms with Crippen LogP contribution >= 0.6 is 0 Å². The molecule has 2 aromatic rings. The van der Waals surface area contributed by atoms with E-state index in [-0.39, 0.29) is 18.4 Å². The van der Waals surface area contributed by atoms with Crippen LogP contribution in [0.3, 0.4) is 0 Å². The van der Waals surface area contributed by atoms with E-state index in [1.165, 1.54) is 24.3 Å². The third-order valence-corrected chi connectivity index (χ3v) is 8.06. The van der Waals surface area contributed by atoms with Gasteiger partial charge in [0, 0.05) is 18.0 Å². The predicted molar refractivity (Wildman–Crippen MR) is 127 cm³/mol. The number of hydrogen-bond acceptors (Lipinski definition) is 2. The lowest BCUT2D eigenvalue weighted by Crippen LogP contribution is -2.52. The van der Waals surface area contributed by atoms with Crippen molar-refractivity contribution in [3.63, 3.8) is 0 Å². The van der Waals surface area contributed by atoms with Crippen molar-refractivity contribution in [1.29, 1.82) is 0 Å². The highest BCUT2D eigenvalue weighted by Crippen LogP contribution is 2.51. The zero-order valence-electron chi connectivity index (χ0n) is 21.0. The molecule has 2 aliphatic rings. The Kier molecular flexibility index (Phi) is 6.66. The summed E-state index contributed by atoms with van der Waals surface area (Å²) >= 11 is 0. The van der Waals surface area contributed by atoms with Gasteiger partial charge >= 0.3 is 12.1 Å². The molecule has 1 fully saturated rings. The molecule has 3 unspecified atom stereocenters. The Bertz CT molecular complexity index is 1220. The summed E-state index contributed by atoms with van der Waals surface area (Å²) in [5, 5.41) is 9.31. The van der Waals surface area contributed by atoms with Crippen molar-refractivity contribution in [2.24, 2.45) is 5.41 Å². The first kappa shape index (κ1) is 27.1. The summed E-state index contributed by atoms with van der Waals surface area (Å²) in [6, 6.07) is 9.64. The topological polar surface area (TPSA) is 57.6 Å². The molecule has 0 radical (unpaired) electrons. The van der Waals surface area contributed by atoms with Crippen LogP contribution in [0.2, 0.25) is 0 Å². The average Bonchev–Trinajstić information content (AvgIpc) is 3.15. The Balaban J connectivity index is 1.80. The summed E-state index contributed by atoms with van der Waals surface area (Å²) in [6.45, 7) is 3.99. The van der Waals surface area contributed by atoms with Gasteiger partial charge in [-0.2, -0.15) is 13.2 Å². The van der Waals surface area contributed by atoms with E-state index in [9.17, 15) is 36.6 Å². The number of benzene rings is 2. The van der Waals surface area contributed by atoms with Crippen molar-refractivity contribution >= 4 is 11.9 Å². The number of likely N-dealkylation sites (tertiary alicyclic amines) is 1. The number of carbonyl (C=O) groups is 2. The van der Waals surface area contributed by atoms with Gasteiger partial charge in [-0.3, -0.25) is 9.59 Å². The van der Waals surface area contributed by atoms with Gasteiger partial charge in [-0.05, 0) is 67.0 Å². The lowest BCUT2D eigenvalue weighted by atomic mass is 9.63. The maximum atomic E-state index is 14.8. The molecule has 0 saturated carbocycles. The van der Waals surface area contributed by atoms with Crippen LogP contribution in [-0.2, 0) is 33.5 Å². The molecule has 37 heavy (non-hydrogen) atoms. The van der Waals surface area contributed by atoms with Crippen LogP contribution in [0, 0.1) is 11.2 Å². The van der Waals surface area contributed by atoms with Crippen LogP contribution in [0.25, 0.3) is 0 Å². The maximum absolute atomic E-state index is 14.8. The summed E-state index contributed by atoms with van der Waals surface area (Å²) in [5.41, 5.74) is -3.92. The molecule has 2 aromatic carbocycles. The van der Waals surface area contributed by atoms with Crippen LogP contribution in [0.5, 0.6) is 0 Å². The lowest BCUT2D eigenvalue weighted by Gasteiger charge is -2.45. The second-order valence-corrected chi connectivity index (χ2v) is 11.1. The van der Waals surface area contributed by atoms with Gasteiger partial charge in [0.25, 0.3) is 0 Å². The molecule has 0 bridgehead atoms. The largest absolute Gasteiger partial charge is 0.481 e. The number of amides is 1. The third kappa shape index (κ3) is 4.73. The number of carbonyl (C=O) groups excluding carboxylic acids is 1. The molecule has 200 valence electrons. The fourth-order valence-electron chi connectivity index (χ4n) is 6.12. The van der Waals surface area contributed by atoms with Gasteiger partial charge in [-0.1, -0.05) is 44.2 Å². The number of carboxylic acid groups (broad SMARTS) is 1. The van der Waals surface area contributed by atoms with Gasteiger partial charge in [-0.25, -0.2) is 8.78 Å². The van der Waals surface area contributed by atoms with Gasteiger partial charge < -0.3 is 10.0 Å². The molecule has 1 aliphatic carbocycles. The third-order valence-electron chi connectivity index (χ3n) is 8.06. The molecule has 1 N–H and O–H groups in total. The number of carboxylic acids is 1. The number of aryl methyl sites for hydroxylation is 1. The van der Waals surface area contributed by atoms with Crippen molar-refractivity contribution in [3.05, 3.63) is 70.5 Å². The van der Waals surface area contributed by atoms with E-state index < -0.39 is 40.0 Å². The molecular formula is C28H30F5NO3. The van der Waals surface area contributed by atoms with Crippen LogP contribution < -0.4 is 0 Å². The smallest absolute Gasteiger partial charge is 0.426 e. The Morgan fingerprint density at radius 3 is 2.41 bits per heavy atom. The number of rotatable bonds is 6. The number of fused-ring (bicyclic) bond motifs is 3. The summed E-state index contributed by atoms with van der Waals surface area (Å²) in [5.74, 6) is -1.83. The maximum Gasteiger partial charge on any atom is 0.426 e. The molecule has 4 rings (SSSR count). The standard InChI is InChI=1S/C28H30F5NO3/c1-25(2,16-23(35)36)24(37)34-12-11-27(15-17-5-4-6-20(29)13-17)21-9-8-19(26(3,30)28(31,32)33)14-18(21)7-10-22(27)34/h4-6,8-9,13-14,22H,7,10-12,15-16H2,1-3H3,(H,35,36). The van der Waals surface area contributed by atoms with E-state index in [0.29, 0.717) is 50.3 Å². The van der Waals surface area contributed by atoms with E-state index in [2.05, 4.69) is 0 Å².